The molecule has 4 rings (SSSR count). The minimum absolute atomic E-state index is 0. The molecule has 0 amide bonds. The normalized spacial score (nSPS) is 11.9. The number of hydrogen-bond acceptors (Lipinski definition) is 1. The first-order chi connectivity index (χ1) is 14.7. The number of benzene rings is 4. The molecule has 0 radical (unpaired) electrons. The van der Waals surface area contributed by atoms with Gasteiger partial charge >= 0.3 is 18.9 Å². The first-order valence-corrected chi connectivity index (χ1v) is 12.2. The Bertz CT molecular complexity index is 1020. The molecular formula is C28H26LiOP. The fourth-order valence-electron chi connectivity index (χ4n) is 3.92. The van der Waals surface area contributed by atoms with Gasteiger partial charge in [0.15, 0.2) is 0 Å². The van der Waals surface area contributed by atoms with Crippen molar-refractivity contribution in [2.45, 2.75) is 19.4 Å². The van der Waals surface area contributed by atoms with Crippen molar-refractivity contribution in [2.75, 3.05) is 0 Å². The van der Waals surface area contributed by atoms with Gasteiger partial charge in [-0.2, -0.15) is 0 Å². The van der Waals surface area contributed by atoms with E-state index in [1.807, 2.05) is 31.2 Å². The minimum Gasteiger partial charge on any atom is -0.848 e. The molecular weight excluding hydrogens is 390 g/mol. The van der Waals surface area contributed by atoms with Gasteiger partial charge in [0.05, 0.1) is 0 Å². The van der Waals surface area contributed by atoms with Crippen molar-refractivity contribution in [3.63, 3.8) is 0 Å². The summed E-state index contributed by atoms with van der Waals surface area (Å²) in [6.45, 7) is -0.0140. The second-order valence-corrected chi connectivity index (χ2v) is 10.9. The van der Waals surface area contributed by atoms with Crippen molar-refractivity contribution in [1.82, 2.24) is 0 Å². The molecule has 1 atom stereocenters. The largest absolute Gasteiger partial charge is 1.00 e. The third-order valence-corrected chi connectivity index (χ3v) is 9.63. The maximum atomic E-state index is 13.2. The zero-order valence-electron chi connectivity index (χ0n) is 18.2. The molecule has 0 saturated carbocycles. The third-order valence-electron chi connectivity index (χ3n) is 5.53. The summed E-state index contributed by atoms with van der Waals surface area (Å²) in [5, 5.41) is 17.0. The standard InChI is InChI=1S/C28H26OP.Li/c1-23-17-19-24(20-18-23)28(29)21-22-30(25-11-5-2-6-12-25,26-13-7-3-8-14-26)27-15-9-4-10-16-27;/h2-20,22,28H,21H2,1H3;/q-1;+1. The van der Waals surface area contributed by atoms with Crippen LogP contribution in [-0.2, 0) is 0 Å². The van der Waals surface area contributed by atoms with Crippen molar-refractivity contribution in [2.24, 2.45) is 0 Å². The van der Waals surface area contributed by atoms with Gasteiger partial charge in [-0.15, -0.1) is 0 Å². The molecule has 150 valence electrons. The van der Waals surface area contributed by atoms with Crippen LogP contribution in [-0.4, -0.2) is 5.80 Å². The Morgan fingerprint density at radius 2 is 1.03 bits per heavy atom. The molecule has 0 bridgehead atoms. The summed E-state index contributed by atoms with van der Waals surface area (Å²) in [5.74, 6) is 2.32. The quantitative estimate of drug-likeness (QED) is 0.346. The zero-order chi connectivity index (χ0) is 20.8. The molecule has 0 spiro atoms. The zero-order valence-corrected chi connectivity index (χ0v) is 19.1. The van der Waals surface area contributed by atoms with Gasteiger partial charge in [-0.05, 0) is 36.1 Å². The van der Waals surface area contributed by atoms with E-state index in [0.29, 0.717) is 6.42 Å². The molecule has 4 aromatic carbocycles. The fourth-order valence-corrected chi connectivity index (χ4v) is 7.89. The van der Waals surface area contributed by atoms with Crippen LogP contribution in [0.25, 0.3) is 0 Å². The van der Waals surface area contributed by atoms with E-state index in [-0.39, 0.29) is 18.9 Å². The van der Waals surface area contributed by atoms with E-state index in [1.54, 1.807) is 0 Å². The molecule has 0 heterocycles. The average Bonchev–Trinajstić information content (AvgIpc) is 2.82. The predicted octanol–water partition coefficient (Wildman–Crippen LogP) is 1.59. The maximum absolute atomic E-state index is 13.2. The molecule has 4 aromatic rings. The monoisotopic (exact) mass is 416 g/mol. The van der Waals surface area contributed by atoms with Crippen LogP contribution < -0.4 is 39.9 Å². The van der Waals surface area contributed by atoms with Crippen molar-refractivity contribution in [1.29, 1.82) is 0 Å². The Morgan fingerprint density at radius 1 is 0.645 bits per heavy atom. The third kappa shape index (κ3) is 5.15. The van der Waals surface area contributed by atoms with Crippen molar-refractivity contribution in [3.8, 4) is 0 Å². The first kappa shape index (κ1) is 23.4. The molecule has 0 aliphatic heterocycles. The van der Waals surface area contributed by atoms with Crippen LogP contribution in [0.1, 0.15) is 23.7 Å². The first-order valence-electron chi connectivity index (χ1n) is 10.3. The number of rotatable bonds is 6. The summed E-state index contributed by atoms with van der Waals surface area (Å²) in [5.41, 5.74) is 2.03. The Kier molecular flexibility index (Phi) is 8.20. The summed E-state index contributed by atoms with van der Waals surface area (Å²) in [6.07, 6.45) is -0.295. The molecule has 0 aliphatic carbocycles. The summed E-state index contributed by atoms with van der Waals surface area (Å²) < 4.78 is 0. The van der Waals surface area contributed by atoms with Crippen LogP contribution in [0.2, 0.25) is 0 Å². The molecule has 0 aliphatic rings. The van der Waals surface area contributed by atoms with Crippen LogP contribution in [0.15, 0.2) is 115 Å². The number of aryl methyl sites for hydroxylation is 1. The van der Waals surface area contributed by atoms with E-state index in [9.17, 15) is 5.11 Å². The van der Waals surface area contributed by atoms with Crippen LogP contribution in [0.5, 0.6) is 0 Å². The van der Waals surface area contributed by atoms with Gasteiger partial charge in [-0.25, -0.2) is 0 Å². The van der Waals surface area contributed by atoms with Crippen LogP contribution in [0, 0.1) is 6.92 Å². The molecule has 3 heteroatoms. The molecule has 1 unspecified atom stereocenters. The fraction of sp³-hybridized carbons (Fsp3) is 0.107. The van der Waals surface area contributed by atoms with Gasteiger partial charge in [0.1, 0.15) is 0 Å². The molecule has 1 nitrogen and oxygen atoms in total. The molecule has 0 saturated heterocycles. The van der Waals surface area contributed by atoms with E-state index in [4.69, 9.17) is 0 Å². The van der Waals surface area contributed by atoms with Gasteiger partial charge in [0, 0.05) is 0 Å². The van der Waals surface area contributed by atoms with Crippen molar-refractivity contribution < 1.29 is 24.0 Å². The number of hydrogen-bond donors (Lipinski definition) is 0. The van der Waals surface area contributed by atoms with Crippen LogP contribution in [0.3, 0.4) is 0 Å². The topological polar surface area (TPSA) is 23.1 Å². The summed E-state index contributed by atoms with van der Waals surface area (Å²) >= 11 is 0. The maximum Gasteiger partial charge on any atom is 1.00 e. The van der Waals surface area contributed by atoms with Gasteiger partial charge < -0.3 is 5.11 Å². The van der Waals surface area contributed by atoms with Gasteiger partial charge in [-0.1, -0.05) is 138 Å². The van der Waals surface area contributed by atoms with Gasteiger partial charge in [-0.3, -0.25) is 0 Å². The van der Waals surface area contributed by atoms with E-state index < -0.39 is 13.0 Å². The second kappa shape index (κ2) is 10.9. The van der Waals surface area contributed by atoms with E-state index in [1.165, 1.54) is 21.5 Å². The average molecular weight is 416 g/mol. The van der Waals surface area contributed by atoms with E-state index in [0.717, 1.165) is 5.56 Å². The second-order valence-electron chi connectivity index (χ2n) is 7.55. The molecule has 31 heavy (non-hydrogen) atoms. The van der Waals surface area contributed by atoms with Gasteiger partial charge in [0.25, 0.3) is 0 Å². The van der Waals surface area contributed by atoms with E-state index in [2.05, 4.69) is 96.8 Å². The smallest absolute Gasteiger partial charge is 0.848 e. The molecule has 0 aromatic heterocycles. The summed E-state index contributed by atoms with van der Waals surface area (Å²) in [7, 11) is 0. The molecule has 0 N–H and O–H groups in total. The van der Waals surface area contributed by atoms with Crippen LogP contribution in [0.4, 0.5) is 0 Å². The predicted molar refractivity (Wildman–Crippen MR) is 130 cm³/mol. The Balaban J connectivity index is 0.00000272. The summed E-state index contributed by atoms with van der Waals surface area (Å²) in [4.78, 5) is 0. The van der Waals surface area contributed by atoms with Crippen molar-refractivity contribution in [3.05, 3.63) is 126 Å². The van der Waals surface area contributed by atoms with Gasteiger partial charge in [0.2, 0.25) is 0 Å². The Hall–Kier alpha value is -2.26. The minimum atomic E-state index is -2.06. The summed E-state index contributed by atoms with van der Waals surface area (Å²) in [6, 6.07) is 39.9. The Labute approximate surface area is 197 Å². The van der Waals surface area contributed by atoms with E-state index >= 15 is 0 Å². The van der Waals surface area contributed by atoms with Crippen LogP contribution >= 0.6 is 6.89 Å². The molecule has 0 fully saturated rings. The SMILES string of the molecule is Cc1ccc(C([O-])CC=P(c2ccccc2)(c2ccccc2)c2ccccc2)cc1.[Li+]. The van der Waals surface area contributed by atoms with Crippen molar-refractivity contribution >= 4 is 28.6 Å². The Morgan fingerprint density at radius 3 is 1.42 bits per heavy atom.